The maximum atomic E-state index is 12.6. The number of fused-ring (bicyclic) bond motifs is 1. The second-order valence-corrected chi connectivity index (χ2v) is 6.30. The zero-order valence-electron chi connectivity index (χ0n) is 12.3. The van der Waals surface area contributed by atoms with Crippen molar-refractivity contribution in [3.63, 3.8) is 0 Å². The Kier molecular flexibility index (Phi) is 3.50. The molecule has 1 unspecified atom stereocenters. The maximum absolute atomic E-state index is 12.6. The first kappa shape index (κ1) is 14.2. The van der Waals surface area contributed by atoms with E-state index < -0.39 is 0 Å². The van der Waals surface area contributed by atoms with E-state index in [1.807, 2.05) is 24.3 Å². The van der Waals surface area contributed by atoms with Gasteiger partial charge in [0.05, 0.1) is 6.04 Å². The number of aromatic amines is 1. The van der Waals surface area contributed by atoms with Crippen molar-refractivity contribution in [3.8, 4) is 0 Å². The van der Waals surface area contributed by atoms with Gasteiger partial charge < -0.3 is 5.32 Å². The number of hydrogen-bond donors (Lipinski definition) is 2. The van der Waals surface area contributed by atoms with Gasteiger partial charge in [-0.2, -0.15) is 15.4 Å². The summed E-state index contributed by atoms with van der Waals surface area (Å²) in [4.78, 5) is 12.6. The molecule has 0 bridgehead atoms. The number of halogens is 1. The highest BCUT2D eigenvalue weighted by atomic mass is 35.5. The summed E-state index contributed by atoms with van der Waals surface area (Å²) in [6.45, 7) is 0. The van der Waals surface area contributed by atoms with Gasteiger partial charge in [0.1, 0.15) is 11.0 Å². The highest BCUT2D eigenvalue weighted by Crippen LogP contribution is 2.41. The van der Waals surface area contributed by atoms with Crippen LogP contribution in [-0.2, 0) is 0 Å². The van der Waals surface area contributed by atoms with Crippen molar-refractivity contribution in [1.82, 2.24) is 20.7 Å². The SMILES string of the molecule is O=C(NC(c1ccc(Cl)cc1)C1CC1)c1ccc2n[nH]nc2c1. The molecule has 5 nitrogen and oxygen atoms in total. The molecule has 1 aliphatic carbocycles. The van der Waals surface area contributed by atoms with Gasteiger partial charge in [-0.15, -0.1) is 0 Å². The van der Waals surface area contributed by atoms with E-state index in [2.05, 4.69) is 20.7 Å². The molecule has 116 valence electrons. The fourth-order valence-electron chi connectivity index (χ4n) is 2.78. The topological polar surface area (TPSA) is 70.7 Å². The molecular formula is C17H15ClN4O. The van der Waals surface area contributed by atoms with Crippen molar-refractivity contribution < 1.29 is 4.79 Å². The zero-order chi connectivity index (χ0) is 15.8. The molecule has 4 rings (SSSR count). The maximum Gasteiger partial charge on any atom is 0.251 e. The molecule has 3 aromatic rings. The predicted molar refractivity (Wildman–Crippen MR) is 88.3 cm³/mol. The summed E-state index contributed by atoms with van der Waals surface area (Å²) in [6.07, 6.45) is 2.27. The Labute approximate surface area is 138 Å². The van der Waals surface area contributed by atoms with E-state index in [1.54, 1.807) is 18.2 Å². The molecule has 0 radical (unpaired) electrons. The number of nitrogens with one attached hydrogen (secondary N) is 2. The van der Waals surface area contributed by atoms with Crippen LogP contribution in [0.3, 0.4) is 0 Å². The van der Waals surface area contributed by atoms with Gasteiger partial charge in [0, 0.05) is 10.6 Å². The van der Waals surface area contributed by atoms with Crippen molar-refractivity contribution in [2.45, 2.75) is 18.9 Å². The molecule has 0 spiro atoms. The van der Waals surface area contributed by atoms with Gasteiger partial charge in [0.2, 0.25) is 0 Å². The number of rotatable bonds is 4. The first-order chi connectivity index (χ1) is 11.2. The zero-order valence-corrected chi connectivity index (χ0v) is 13.0. The number of amides is 1. The summed E-state index contributed by atoms with van der Waals surface area (Å²) < 4.78 is 0. The fraction of sp³-hybridized carbons (Fsp3) is 0.235. The molecular weight excluding hydrogens is 312 g/mol. The van der Waals surface area contributed by atoms with Gasteiger partial charge >= 0.3 is 0 Å². The quantitative estimate of drug-likeness (QED) is 0.771. The van der Waals surface area contributed by atoms with Gasteiger partial charge in [0.15, 0.2) is 0 Å². The van der Waals surface area contributed by atoms with Crippen LogP contribution in [-0.4, -0.2) is 21.3 Å². The van der Waals surface area contributed by atoms with E-state index in [1.165, 1.54) is 0 Å². The van der Waals surface area contributed by atoms with Crippen LogP contribution in [0, 0.1) is 5.92 Å². The van der Waals surface area contributed by atoms with Crippen LogP contribution < -0.4 is 5.32 Å². The number of carbonyl (C=O) groups excluding carboxylic acids is 1. The standard InChI is InChI=1S/C17H15ClN4O/c18-13-6-3-11(4-7-13)16(10-1-2-10)19-17(23)12-5-8-14-15(9-12)21-22-20-14/h3-10,16H,1-2H2,(H,19,23)(H,20,21,22). The third-order valence-corrected chi connectivity index (χ3v) is 4.44. The van der Waals surface area contributed by atoms with Crippen LogP contribution in [0.4, 0.5) is 0 Å². The van der Waals surface area contributed by atoms with Gasteiger partial charge in [-0.1, -0.05) is 23.7 Å². The van der Waals surface area contributed by atoms with E-state index >= 15 is 0 Å². The Morgan fingerprint density at radius 1 is 1.13 bits per heavy atom. The number of H-pyrrole nitrogens is 1. The second kappa shape index (κ2) is 5.66. The largest absolute Gasteiger partial charge is 0.345 e. The Morgan fingerprint density at radius 3 is 2.61 bits per heavy atom. The van der Waals surface area contributed by atoms with Crippen LogP contribution in [0.1, 0.15) is 34.8 Å². The van der Waals surface area contributed by atoms with E-state index in [0.717, 1.165) is 23.9 Å². The van der Waals surface area contributed by atoms with Crippen LogP contribution in [0.25, 0.3) is 11.0 Å². The molecule has 1 aliphatic rings. The molecule has 0 saturated heterocycles. The molecule has 23 heavy (non-hydrogen) atoms. The third kappa shape index (κ3) is 2.92. The summed E-state index contributed by atoms with van der Waals surface area (Å²) in [7, 11) is 0. The highest BCUT2D eigenvalue weighted by molar-refractivity contribution is 6.30. The lowest BCUT2D eigenvalue weighted by Crippen LogP contribution is -2.29. The molecule has 1 heterocycles. The fourth-order valence-corrected chi connectivity index (χ4v) is 2.91. The molecule has 6 heteroatoms. The Hall–Kier alpha value is -2.40. The van der Waals surface area contributed by atoms with Crippen molar-refractivity contribution in [2.75, 3.05) is 0 Å². The number of hydrogen-bond acceptors (Lipinski definition) is 3. The third-order valence-electron chi connectivity index (χ3n) is 4.19. The second-order valence-electron chi connectivity index (χ2n) is 5.87. The van der Waals surface area contributed by atoms with Crippen LogP contribution in [0.2, 0.25) is 5.02 Å². The van der Waals surface area contributed by atoms with Crippen LogP contribution >= 0.6 is 11.6 Å². The number of aromatic nitrogens is 3. The summed E-state index contributed by atoms with van der Waals surface area (Å²) in [5.41, 5.74) is 3.11. The normalized spacial score (nSPS) is 15.5. The Balaban J connectivity index is 1.58. The minimum absolute atomic E-state index is 0.0211. The predicted octanol–water partition coefficient (Wildman–Crippen LogP) is 3.49. The van der Waals surface area contributed by atoms with Gasteiger partial charge in [-0.25, -0.2) is 0 Å². The molecule has 2 N–H and O–H groups in total. The minimum atomic E-state index is -0.0956. The Bertz CT molecular complexity index is 854. The van der Waals surface area contributed by atoms with Crippen molar-refractivity contribution >= 4 is 28.5 Å². The molecule has 2 aromatic carbocycles. The van der Waals surface area contributed by atoms with Crippen LogP contribution in [0.5, 0.6) is 0 Å². The lowest BCUT2D eigenvalue weighted by molar-refractivity contribution is 0.0932. The van der Waals surface area contributed by atoms with Crippen LogP contribution in [0.15, 0.2) is 42.5 Å². The van der Waals surface area contributed by atoms with Crippen molar-refractivity contribution in [3.05, 3.63) is 58.6 Å². The highest BCUT2D eigenvalue weighted by Gasteiger charge is 2.33. The van der Waals surface area contributed by atoms with Gasteiger partial charge in [0.25, 0.3) is 5.91 Å². The summed E-state index contributed by atoms with van der Waals surface area (Å²) >= 11 is 5.95. The molecule has 1 aromatic heterocycles. The molecule has 1 amide bonds. The summed E-state index contributed by atoms with van der Waals surface area (Å²) in [6, 6.07) is 13.0. The van der Waals surface area contributed by atoms with Crippen molar-refractivity contribution in [2.24, 2.45) is 5.92 Å². The lowest BCUT2D eigenvalue weighted by Gasteiger charge is -2.19. The van der Waals surface area contributed by atoms with E-state index in [-0.39, 0.29) is 11.9 Å². The molecule has 1 saturated carbocycles. The average Bonchev–Trinajstić information content (AvgIpc) is 3.30. The minimum Gasteiger partial charge on any atom is -0.345 e. The monoisotopic (exact) mass is 326 g/mol. The summed E-state index contributed by atoms with van der Waals surface area (Å²) in [5, 5.41) is 14.4. The van der Waals surface area contributed by atoms with Gasteiger partial charge in [-0.3, -0.25) is 4.79 Å². The molecule has 1 fully saturated rings. The Morgan fingerprint density at radius 2 is 1.87 bits per heavy atom. The smallest absolute Gasteiger partial charge is 0.251 e. The van der Waals surface area contributed by atoms with Crippen molar-refractivity contribution in [1.29, 1.82) is 0 Å². The van der Waals surface area contributed by atoms with E-state index in [4.69, 9.17) is 11.6 Å². The molecule has 0 aliphatic heterocycles. The average molecular weight is 327 g/mol. The van der Waals surface area contributed by atoms with E-state index in [9.17, 15) is 4.79 Å². The number of benzene rings is 2. The van der Waals surface area contributed by atoms with Gasteiger partial charge in [-0.05, 0) is 54.7 Å². The first-order valence-corrected chi connectivity index (χ1v) is 7.95. The first-order valence-electron chi connectivity index (χ1n) is 7.57. The molecule has 1 atom stereocenters. The van der Waals surface area contributed by atoms with E-state index in [0.29, 0.717) is 22.0 Å². The lowest BCUT2D eigenvalue weighted by atomic mass is 10.0. The number of nitrogens with zero attached hydrogens (tertiary/aromatic N) is 2. The summed E-state index contributed by atoms with van der Waals surface area (Å²) in [5.74, 6) is 0.401. The number of carbonyl (C=O) groups is 1.